The lowest BCUT2D eigenvalue weighted by molar-refractivity contribution is 0.0368. The van der Waals surface area contributed by atoms with Crippen LogP contribution in [0.15, 0.2) is 110 Å². The van der Waals surface area contributed by atoms with E-state index in [1.807, 2.05) is 27.7 Å². The van der Waals surface area contributed by atoms with Crippen LogP contribution in [0, 0.1) is 60.6 Å². The topological polar surface area (TPSA) is 313 Å². The quantitative estimate of drug-likeness (QED) is 0.0831. The van der Waals surface area contributed by atoms with Crippen LogP contribution < -0.4 is 18.9 Å². The molecule has 10 heterocycles. The van der Waals surface area contributed by atoms with Crippen LogP contribution in [-0.2, 0) is 13.0 Å². The van der Waals surface area contributed by atoms with Crippen LogP contribution in [0.4, 0.5) is 4.39 Å². The van der Waals surface area contributed by atoms with Gasteiger partial charge in [0.1, 0.15) is 71.2 Å². The van der Waals surface area contributed by atoms with Crippen LogP contribution in [-0.4, -0.2) is 153 Å². The first-order valence-electron chi connectivity index (χ1n) is 30.8. The molecule has 0 spiro atoms. The zero-order valence-electron chi connectivity index (χ0n) is 52.4. The smallest absolute Gasteiger partial charge is 0.258 e. The Labute approximate surface area is 539 Å². The van der Waals surface area contributed by atoms with Crippen LogP contribution in [0.2, 0.25) is 0 Å². The van der Waals surface area contributed by atoms with Crippen molar-refractivity contribution in [1.29, 1.82) is 15.8 Å². The minimum atomic E-state index is -0.724. The van der Waals surface area contributed by atoms with E-state index in [9.17, 15) is 25.4 Å². The first-order valence-corrected chi connectivity index (χ1v) is 30.8. The van der Waals surface area contributed by atoms with Crippen molar-refractivity contribution in [2.45, 2.75) is 130 Å². The van der Waals surface area contributed by atoms with E-state index < -0.39 is 30.0 Å². The number of nitrogens with zero attached hydrogens (tertiary/aromatic N) is 19. The first-order chi connectivity index (χ1) is 45.5. The summed E-state index contributed by atoms with van der Waals surface area (Å²) >= 11 is 0. The van der Waals surface area contributed by atoms with Gasteiger partial charge in [-0.1, -0.05) is 12.1 Å². The number of ether oxygens (including phenoxy) is 4. The maximum absolute atomic E-state index is 16.2. The van der Waals surface area contributed by atoms with Crippen molar-refractivity contribution < 1.29 is 37.7 Å². The molecule has 3 fully saturated rings. The number of pyridine rings is 4. The van der Waals surface area contributed by atoms with E-state index in [0.29, 0.717) is 89.0 Å². The Morgan fingerprint density at radius 3 is 1.56 bits per heavy atom. The molecule has 26 nitrogen and oxygen atoms in total. The molecule has 3 aliphatic rings. The van der Waals surface area contributed by atoms with Crippen molar-refractivity contribution in [1.82, 2.24) is 79.6 Å². The zero-order chi connectivity index (χ0) is 65.7. The van der Waals surface area contributed by atoms with Crippen molar-refractivity contribution in [3.8, 4) is 58.9 Å². The largest absolute Gasteiger partial charge is 0.472 e. The summed E-state index contributed by atoms with van der Waals surface area (Å²) in [4.78, 5) is 70.8. The summed E-state index contributed by atoms with van der Waals surface area (Å²) in [6, 6.07) is 23.7. The summed E-state index contributed by atoms with van der Waals surface area (Å²) in [5, 5.41) is 56.8. The van der Waals surface area contributed by atoms with Gasteiger partial charge in [-0.15, -0.1) is 14.7 Å². The molecule has 0 radical (unpaired) electrons. The molecule has 0 unspecified atom stereocenters. The maximum Gasteiger partial charge on any atom is 0.258 e. The number of carbonyl (C=O) groups excluding carboxylic acids is 3. The van der Waals surface area contributed by atoms with Crippen LogP contribution in [0.1, 0.15) is 141 Å². The molecule has 3 aliphatic heterocycles. The van der Waals surface area contributed by atoms with Gasteiger partial charge in [0.05, 0.1) is 72.5 Å². The molecular weight excluding hydrogens is 1200 g/mol. The molecule has 6 atom stereocenters. The SMILES string of the molecule is Cc1ccnc(O[C@@H]2CC[C@@H](C)N(C(=O)c3cc(Cc4cnn(-c5c(F)cccc5C(=O)N5C[C@H](Oc6nccc(C)c6C#N)CC[C@H]5C)n4)ccc3-n3ncc(COc4ccc(C(=O)N5C[C@H](Oc6nccc(C)c6C#N)CC[C@H]5C)c(-n5nccn5)n4)n3)C2)c1C#N. The number of piperidine rings is 3. The molecule has 0 saturated carbocycles. The molecule has 27 heteroatoms. The number of para-hydroxylation sites is 1. The van der Waals surface area contributed by atoms with Gasteiger partial charge in [0.2, 0.25) is 23.5 Å². The van der Waals surface area contributed by atoms with Crippen molar-refractivity contribution in [2.75, 3.05) is 19.6 Å². The fourth-order valence-corrected chi connectivity index (χ4v) is 12.0. The van der Waals surface area contributed by atoms with Crippen molar-refractivity contribution in [3.05, 3.63) is 183 Å². The highest BCUT2D eigenvalue weighted by molar-refractivity contribution is 5.99. The number of likely N-dealkylation sites (tertiary alicyclic amines) is 3. The third kappa shape index (κ3) is 13.0. The Kier molecular flexibility index (Phi) is 18.1. The highest BCUT2D eigenvalue weighted by Gasteiger charge is 2.37. The fourth-order valence-electron chi connectivity index (χ4n) is 12.0. The number of amides is 3. The number of hydrogen-bond donors (Lipinski definition) is 0. The predicted octanol–water partition coefficient (Wildman–Crippen LogP) is 8.07. The maximum atomic E-state index is 16.2. The Morgan fingerprint density at radius 2 is 1.03 bits per heavy atom. The molecule has 2 aromatic carbocycles. The van der Waals surface area contributed by atoms with Gasteiger partial charge in [-0.25, -0.2) is 19.3 Å². The average molecular weight is 1270 g/mol. The summed E-state index contributed by atoms with van der Waals surface area (Å²) in [7, 11) is 0. The van der Waals surface area contributed by atoms with Gasteiger partial charge >= 0.3 is 0 Å². The lowest BCUT2D eigenvalue weighted by Gasteiger charge is -2.38. The number of hydrogen-bond acceptors (Lipinski definition) is 20. The van der Waals surface area contributed by atoms with E-state index >= 15 is 9.18 Å². The number of aromatic nitrogens is 13. The van der Waals surface area contributed by atoms with E-state index in [2.05, 4.69) is 53.6 Å². The van der Waals surface area contributed by atoms with Crippen LogP contribution in [0.3, 0.4) is 0 Å². The summed E-state index contributed by atoms with van der Waals surface area (Å²) in [5.41, 5.74) is 5.17. The standard InChI is InChI=1S/C67H64FN19O7/c1-39-20-23-72-62(54(39)30-69)92-48-14-10-42(4)82(35-48)65(88)51-8-7-9-57(68)60(51)86-78-33-46(80-86)28-45-13-18-58(53(29-45)67(90)84-37-50(16-12-44(84)6)94-64-56(32-71)41(3)22-25-74-64)85-77-34-47(81-85)38-91-59-19-17-52(61(79-59)87-75-26-27-76-87)66(89)83-36-49(15-11-43(83)5)93-63-55(31-70)40(2)21-24-73-63/h7-9,13,17-27,29,33-34,42-44,48-50H,10-12,14-16,28,35-38H2,1-6H3/t42-,43-,44-,48-,49-,50-/m1/s1. The van der Waals surface area contributed by atoms with E-state index in [0.717, 1.165) is 10.4 Å². The van der Waals surface area contributed by atoms with Gasteiger partial charge in [-0.05, 0) is 151 Å². The third-order valence-corrected chi connectivity index (χ3v) is 17.3. The van der Waals surface area contributed by atoms with Gasteiger partial charge in [-0.3, -0.25) is 14.4 Å². The molecular formula is C67H64FN19O7. The Hall–Kier alpha value is -11.5. The van der Waals surface area contributed by atoms with Gasteiger partial charge in [0.25, 0.3) is 17.7 Å². The van der Waals surface area contributed by atoms with E-state index in [4.69, 9.17) is 34.1 Å². The summed E-state index contributed by atoms with van der Waals surface area (Å²) in [6.07, 6.45) is 13.0. The molecule has 0 bridgehead atoms. The lowest BCUT2D eigenvalue weighted by Crippen LogP contribution is -2.49. The van der Waals surface area contributed by atoms with Crippen molar-refractivity contribution in [3.63, 3.8) is 0 Å². The number of nitriles is 3. The second-order valence-electron chi connectivity index (χ2n) is 23.7. The highest BCUT2D eigenvalue weighted by atomic mass is 19.1. The van der Waals surface area contributed by atoms with E-state index in [1.54, 1.807) is 95.7 Å². The Morgan fingerprint density at radius 1 is 0.543 bits per heavy atom. The minimum absolute atomic E-state index is 0.0331. The van der Waals surface area contributed by atoms with Crippen molar-refractivity contribution >= 4 is 17.7 Å². The number of halogens is 1. The second kappa shape index (κ2) is 27.1. The molecule has 0 aliphatic carbocycles. The second-order valence-corrected chi connectivity index (χ2v) is 23.7. The molecule has 9 aromatic rings. The normalized spacial score (nSPS) is 18.7. The van der Waals surface area contributed by atoms with Gasteiger partial charge in [-0.2, -0.15) is 51.1 Å². The molecule has 3 amide bonds. The number of benzene rings is 2. The predicted molar refractivity (Wildman–Crippen MR) is 332 cm³/mol. The van der Waals surface area contributed by atoms with Gasteiger partial charge in [0.15, 0.2) is 11.6 Å². The lowest BCUT2D eigenvalue weighted by atomic mass is 9.98. The van der Waals surface area contributed by atoms with Crippen molar-refractivity contribution in [2.24, 2.45) is 0 Å². The minimum Gasteiger partial charge on any atom is -0.472 e. The summed E-state index contributed by atoms with van der Waals surface area (Å²) < 4.78 is 41.2. The Bertz CT molecular complexity index is 4480. The molecule has 3 saturated heterocycles. The Balaban J connectivity index is 0.798. The summed E-state index contributed by atoms with van der Waals surface area (Å²) in [5.74, 6) is -1.03. The third-order valence-electron chi connectivity index (χ3n) is 17.3. The molecule has 0 N–H and O–H groups in total. The summed E-state index contributed by atoms with van der Waals surface area (Å²) in [6.45, 7) is 11.7. The highest BCUT2D eigenvalue weighted by Crippen LogP contribution is 2.33. The number of carbonyl (C=O) groups is 3. The molecule has 7 aromatic heterocycles. The number of rotatable bonds is 17. The van der Waals surface area contributed by atoms with Crippen LogP contribution in [0.25, 0.3) is 17.2 Å². The molecule has 476 valence electrons. The van der Waals surface area contributed by atoms with Crippen LogP contribution >= 0.6 is 0 Å². The number of aryl methyl sites for hydroxylation is 3. The monoisotopic (exact) mass is 1270 g/mol. The zero-order valence-corrected chi connectivity index (χ0v) is 52.4. The van der Waals surface area contributed by atoms with Gasteiger partial charge < -0.3 is 33.6 Å². The first kappa shape index (κ1) is 62.7. The van der Waals surface area contributed by atoms with Gasteiger partial charge in [0, 0.05) is 49.2 Å². The molecule has 12 rings (SSSR count). The molecule has 94 heavy (non-hydrogen) atoms. The van der Waals surface area contributed by atoms with E-state index in [-0.39, 0.29) is 114 Å². The van der Waals surface area contributed by atoms with Crippen LogP contribution in [0.5, 0.6) is 23.5 Å². The van der Waals surface area contributed by atoms with E-state index in [1.165, 1.54) is 52.6 Å². The average Bonchev–Trinajstić information content (AvgIpc) is 1.33. The fraction of sp³-hybridized carbons (Fsp3) is 0.343.